The van der Waals surface area contributed by atoms with Crippen LogP contribution in [0.15, 0.2) is 36.7 Å². The van der Waals surface area contributed by atoms with Crippen molar-refractivity contribution in [3.05, 3.63) is 53.3 Å². The number of amides is 2. The SMILES string of the molecule is COc1cccc(CN2C(=O)c3cnc4[nH]ncc4c3C2=O)c1. The van der Waals surface area contributed by atoms with Crippen LogP contribution in [0.2, 0.25) is 0 Å². The molecule has 1 aliphatic heterocycles. The quantitative estimate of drug-likeness (QED) is 0.745. The van der Waals surface area contributed by atoms with E-state index in [1.165, 1.54) is 17.3 Å². The zero-order chi connectivity index (χ0) is 16.0. The molecule has 0 atom stereocenters. The first-order chi connectivity index (χ1) is 11.2. The van der Waals surface area contributed by atoms with Crippen LogP contribution in [0, 0.1) is 0 Å². The van der Waals surface area contributed by atoms with Gasteiger partial charge in [-0.2, -0.15) is 5.10 Å². The lowest BCUT2D eigenvalue weighted by Crippen LogP contribution is -2.29. The second-order valence-corrected chi connectivity index (χ2v) is 5.23. The summed E-state index contributed by atoms with van der Waals surface area (Å²) in [6, 6.07) is 7.28. The molecule has 0 spiro atoms. The first-order valence-corrected chi connectivity index (χ1v) is 7.00. The smallest absolute Gasteiger partial charge is 0.263 e. The van der Waals surface area contributed by atoms with Crippen LogP contribution in [0.5, 0.6) is 5.75 Å². The number of H-pyrrole nitrogens is 1. The minimum atomic E-state index is -0.344. The summed E-state index contributed by atoms with van der Waals surface area (Å²) < 4.78 is 5.17. The average molecular weight is 308 g/mol. The molecule has 2 amide bonds. The Bertz CT molecular complexity index is 947. The van der Waals surface area contributed by atoms with Gasteiger partial charge in [0.2, 0.25) is 0 Å². The van der Waals surface area contributed by atoms with E-state index in [9.17, 15) is 9.59 Å². The maximum Gasteiger partial charge on any atom is 0.263 e. The van der Waals surface area contributed by atoms with E-state index in [1.54, 1.807) is 13.2 Å². The molecule has 0 bridgehead atoms. The van der Waals surface area contributed by atoms with Crippen LogP contribution in [-0.2, 0) is 6.54 Å². The van der Waals surface area contributed by atoms with Gasteiger partial charge in [-0.3, -0.25) is 19.6 Å². The van der Waals surface area contributed by atoms with E-state index in [2.05, 4.69) is 15.2 Å². The number of aromatic nitrogens is 3. The molecular weight excluding hydrogens is 296 g/mol. The van der Waals surface area contributed by atoms with Gasteiger partial charge in [0.15, 0.2) is 5.65 Å². The molecule has 114 valence electrons. The minimum absolute atomic E-state index is 0.183. The van der Waals surface area contributed by atoms with E-state index in [1.807, 2.05) is 18.2 Å². The van der Waals surface area contributed by atoms with Crippen molar-refractivity contribution >= 4 is 22.8 Å². The highest BCUT2D eigenvalue weighted by Gasteiger charge is 2.37. The highest BCUT2D eigenvalue weighted by molar-refractivity contribution is 6.25. The van der Waals surface area contributed by atoms with Crippen molar-refractivity contribution in [2.75, 3.05) is 7.11 Å². The number of carbonyl (C=O) groups is 2. The number of fused-ring (bicyclic) bond motifs is 3. The Morgan fingerprint density at radius 1 is 1.22 bits per heavy atom. The van der Waals surface area contributed by atoms with Crippen LogP contribution in [0.25, 0.3) is 11.0 Å². The van der Waals surface area contributed by atoms with Gasteiger partial charge in [0.05, 0.1) is 36.4 Å². The molecule has 3 aromatic rings. The van der Waals surface area contributed by atoms with Gasteiger partial charge in [-0.25, -0.2) is 4.98 Å². The highest BCUT2D eigenvalue weighted by Crippen LogP contribution is 2.29. The summed E-state index contributed by atoms with van der Waals surface area (Å²) in [5.41, 5.74) is 1.98. The molecule has 7 heteroatoms. The second kappa shape index (κ2) is 4.91. The molecule has 4 rings (SSSR count). The van der Waals surface area contributed by atoms with Gasteiger partial charge < -0.3 is 4.74 Å². The van der Waals surface area contributed by atoms with Crippen molar-refractivity contribution in [3.63, 3.8) is 0 Å². The molecule has 0 fully saturated rings. The fourth-order valence-corrected chi connectivity index (χ4v) is 2.76. The average Bonchev–Trinajstić information content (AvgIpc) is 3.14. The first kappa shape index (κ1) is 13.4. The fraction of sp³-hybridized carbons (Fsp3) is 0.125. The molecule has 23 heavy (non-hydrogen) atoms. The number of aromatic amines is 1. The van der Waals surface area contributed by atoms with E-state index < -0.39 is 0 Å². The molecule has 0 unspecified atom stereocenters. The standard InChI is InChI=1S/C16H12N4O3/c1-23-10-4-2-3-9(5-10)8-20-15(21)12-6-17-14-11(7-18-19-14)13(12)16(20)22/h2-7H,8H2,1H3,(H,17,18,19). The van der Waals surface area contributed by atoms with Crippen molar-refractivity contribution in [3.8, 4) is 5.75 Å². The number of benzene rings is 1. The van der Waals surface area contributed by atoms with Crippen LogP contribution in [0.1, 0.15) is 26.3 Å². The van der Waals surface area contributed by atoms with E-state index >= 15 is 0 Å². The fourth-order valence-electron chi connectivity index (χ4n) is 2.76. The van der Waals surface area contributed by atoms with Gasteiger partial charge in [0.25, 0.3) is 11.8 Å². The summed E-state index contributed by atoms with van der Waals surface area (Å²) >= 11 is 0. The number of hydrogen-bond donors (Lipinski definition) is 1. The van der Waals surface area contributed by atoms with E-state index in [0.29, 0.717) is 27.9 Å². The zero-order valence-electron chi connectivity index (χ0n) is 12.2. The van der Waals surface area contributed by atoms with E-state index in [4.69, 9.17) is 4.74 Å². The molecule has 3 heterocycles. The summed E-state index contributed by atoms with van der Waals surface area (Å²) in [7, 11) is 1.57. The predicted octanol–water partition coefficient (Wildman–Crippen LogP) is 1.76. The van der Waals surface area contributed by atoms with Crippen molar-refractivity contribution in [1.82, 2.24) is 20.1 Å². The van der Waals surface area contributed by atoms with Crippen LogP contribution in [0.4, 0.5) is 0 Å². The number of methoxy groups -OCH3 is 1. The van der Waals surface area contributed by atoms with E-state index in [-0.39, 0.29) is 18.4 Å². The first-order valence-electron chi connectivity index (χ1n) is 7.00. The molecule has 7 nitrogen and oxygen atoms in total. The van der Waals surface area contributed by atoms with Gasteiger partial charge in [-0.05, 0) is 17.7 Å². The predicted molar refractivity (Wildman–Crippen MR) is 81.1 cm³/mol. The van der Waals surface area contributed by atoms with Gasteiger partial charge in [-0.1, -0.05) is 12.1 Å². The Balaban J connectivity index is 1.74. The number of hydrogen-bond acceptors (Lipinski definition) is 5. The summed E-state index contributed by atoms with van der Waals surface area (Å²) in [6.45, 7) is 0.183. The molecule has 0 aliphatic carbocycles. The van der Waals surface area contributed by atoms with Crippen LogP contribution in [0.3, 0.4) is 0 Å². The molecule has 1 aliphatic rings. The maximum atomic E-state index is 12.7. The number of imide groups is 1. The van der Waals surface area contributed by atoms with Crippen molar-refractivity contribution in [1.29, 1.82) is 0 Å². The summed E-state index contributed by atoms with van der Waals surface area (Å²) in [5, 5.41) is 7.15. The Morgan fingerprint density at radius 2 is 2.09 bits per heavy atom. The minimum Gasteiger partial charge on any atom is -0.497 e. The van der Waals surface area contributed by atoms with Gasteiger partial charge in [-0.15, -0.1) is 0 Å². The molecule has 0 saturated carbocycles. The van der Waals surface area contributed by atoms with E-state index in [0.717, 1.165) is 5.56 Å². The largest absolute Gasteiger partial charge is 0.497 e. The Morgan fingerprint density at radius 3 is 2.91 bits per heavy atom. The van der Waals surface area contributed by atoms with Gasteiger partial charge in [0.1, 0.15) is 5.75 Å². The van der Waals surface area contributed by atoms with Crippen molar-refractivity contribution in [2.45, 2.75) is 6.54 Å². The summed E-state index contributed by atoms with van der Waals surface area (Å²) in [6.07, 6.45) is 2.93. The Hall–Kier alpha value is -3.22. The third-order valence-electron chi connectivity index (χ3n) is 3.89. The topological polar surface area (TPSA) is 88.2 Å². The second-order valence-electron chi connectivity index (χ2n) is 5.23. The maximum absolute atomic E-state index is 12.7. The number of nitrogens with one attached hydrogen (secondary N) is 1. The Kier molecular flexibility index (Phi) is 2.87. The number of carbonyl (C=O) groups excluding carboxylic acids is 2. The Labute approximate surface area is 130 Å². The lowest BCUT2D eigenvalue weighted by Gasteiger charge is -2.14. The summed E-state index contributed by atoms with van der Waals surface area (Å²) in [5.74, 6) is 0.00282. The third-order valence-corrected chi connectivity index (χ3v) is 3.89. The molecule has 0 radical (unpaired) electrons. The molecular formula is C16H12N4O3. The molecule has 2 aromatic heterocycles. The van der Waals surface area contributed by atoms with Gasteiger partial charge in [0, 0.05) is 6.20 Å². The highest BCUT2D eigenvalue weighted by atomic mass is 16.5. The molecule has 0 saturated heterocycles. The van der Waals surface area contributed by atoms with Crippen LogP contribution < -0.4 is 4.74 Å². The number of nitrogens with zero attached hydrogens (tertiary/aromatic N) is 3. The third kappa shape index (κ3) is 1.97. The lowest BCUT2D eigenvalue weighted by molar-refractivity contribution is 0.0642. The normalized spacial score (nSPS) is 13.7. The van der Waals surface area contributed by atoms with Crippen molar-refractivity contribution < 1.29 is 14.3 Å². The number of ether oxygens (including phenoxy) is 1. The lowest BCUT2D eigenvalue weighted by atomic mass is 10.1. The summed E-state index contributed by atoms with van der Waals surface area (Å²) in [4.78, 5) is 30.6. The van der Waals surface area contributed by atoms with Crippen LogP contribution in [-0.4, -0.2) is 39.0 Å². The monoisotopic (exact) mass is 308 g/mol. The van der Waals surface area contributed by atoms with Crippen LogP contribution >= 0.6 is 0 Å². The number of pyridine rings is 1. The number of rotatable bonds is 3. The van der Waals surface area contributed by atoms with Crippen molar-refractivity contribution in [2.24, 2.45) is 0 Å². The molecule has 1 N–H and O–H groups in total. The molecule has 1 aromatic carbocycles. The van der Waals surface area contributed by atoms with Gasteiger partial charge >= 0.3 is 0 Å². The zero-order valence-corrected chi connectivity index (χ0v) is 12.2.